The van der Waals surface area contributed by atoms with Crippen molar-refractivity contribution < 1.29 is 24.5 Å². The quantitative estimate of drug-likeness (QED) is 0.590. The van der Waals surface area contributed by atoms with Gasteiger partial charge in [-0.05, 0) is 59.5 Å². The molecule has 0 aliphatic carbocycles. The number of rotatable bonds is 6. The van der Waals surface area contributed by atoms with E-state index in [-0.39, 0.29) is 6.61 Å². The first-order valence-corrected chi connectivity index (χ1v) is 9.19. The van der Waals surface area contributed by atoms with Crippen LogP contribution in [0.25, 0.3) is 11.1 Å². The summed E-state index contributed by atoms with van der Waals surface area (Å²) in [5.41, 5.74) is 2.84. The van der Waals surface area contributed by atoms with E-state index in [1.807, 2.05) is 43.3 Å². The number of carbonyl (C=O) groups is 2. The van der Waals surface area contributed by atoms with Crippen molar-refractivity contribution in [3.05, 3.63) is 87.4 Å². The van der Waals surface area contributed by atoms with Gasteiger partial charge in [0.1, 0.15) is 12.4 Å². The molecule has 0 N–H and O–H groups in total. The zero-order valence-corrected chi connectivity index (χ0v) is 16.5. The van der Waals surface area contributed by atoms with Crippen LogP contribution in [0.5, 0.6) is 5.75 Å². The van der Waals surface area contributed by atoms with E-state index in [1.54, 1.807) is 6.07 Å². The van der Waals surface area contributed by atoms with Gasteiger partial charge in [-0.15, -0.1) is 0 Å². The molecule has 142 valence electrons. The summed E-state index contributed by atoms with van der Waals surface area (Å²) in [6, 6.07) is 17.5. The number of ether oxygens (including phenoxy) is 1. The minimum absolute atomic E-state index is 0.0797. The van der Waals surface area contributed by atoms with Gasteiger partial charge in [0.15, 0.2) is 0 Å². The third-order valence-electron chi connectivity index (χ3n) is 4.26. The van der Waals surface area contributed by atoms with Gasteiger partial charge in [0.05, 0.1) is 11.9 Å². The number of aryl methyl sites for hydroxylation is 1. The van der Waals surface area contributed by atoms with E-state index >= 15 is 0 Å². The van der Waals surface area contributed by atoms with E-state index in [9.17, 15) is 19.8 Å². The molecule has 0 spiro atoms. The molecule has 0 saturated carbocycles. The predicted molar refractivity (Wildman–Crippen MR) is 104 cm³/mol. The largest absolute Gasteiger partial charge is 0.545 e. The predicted octanol–water partition coefficient (Wildman–Crippen LogP) is 2.73. The summed E-state index contributed by atoms with van der Waals surface area (Å²) in [6.07, 6.45) is 0. The van der Waals surface area contributed by atoms with Crippen LogP contribution in [0.2, 0.25) is 0 Å². The maximum Gasteiger partial charge on any atom is 0.120 e. The van der Waals surface area contributed by atoms with E-state index in [4.69, 9.17) is 4.74 Å². The highest BCUT2D eigenvalue weighted by molar-refractivity contribution is 9.10. The van der Waals surface area contributed by atoms with Crippen molar-refractivity contribution in [2.75, 3.05) is 0 Å². The SMILES string of the molecule is Cc1cc(Br)ccc1-c1cccc(OCc2ccc(C(=O)[O-])c(C(=O)[O-])c2)c1. The Hall–Kier alpha value is -3.12. The molecule has 0 fully saturated rings. The maximum absolute atomic E-state index is 11.2. The van der Waals surface area contributed by atoms with E-state index in [1.165, 1.54) is 18.2 Å². The molecule has 0 heterocycles. The van der Waals surface area contributed by atoms with Crippen LogP contribution in [0.3, 0.4) is 0 Å². The summed E-state index contributed by atoms with van der Waals surface area (Å²) < 4.78 is 6.77. The van der Waals surface area contributed by atoms with Crippen molar-refractivity contribution in [3.63, 3.8) is 0 Å². The van der Waals surface area contributed by atoms with Crippen LogP contribution in [0.1, 0.15) is 31.8 Å². The number of halogens is 1. The molecule has 28 heavy (non-hydrogen) atoms. The van der Waals surface area contributed by atoms with Gasteiger partial charge in [0, 0.05) is 15.6 Å². The molecule has 3 rings (SSSR count). The zero-order chi connectivity index (χ0) is 20.3. The van der Waals surface area contributed by atoms with E-state index in [0.717, 1.165) is 21.2 Å². The Morgan fingerprint density at radius 2 is 1.68 bits per heavy atom. The Labute approximate surface area is 170 Å². The normalized spacial score (nSPS) is 10.5. The van der Waals surface area contributed by atoms with Gasteiger partial charge < -0.3 is 24.5 Å². The molecule has 0 atom stereocenters. The summed E-state index contributed by atoms with van der Waals surface area (Å²) in [5, 5.41) is 22.2. The lowest BCUT2D eigenvalue weighted by molar-refractivity contribution is -0.259. The van der Waals surface area contributed by atoms with Crippen molar-refractivity contribution in [2.45, 2.75) is 13.5 Å². The van der Waals surface area contributed by atoms with E-state index in [2.05, 4.69) is 15.9 Å². The zero-order valence-electron chi connectivity index (χ0n) is 14.9. The molecule has 0 amide bonds. The van der Waals surface area contributed by atoms with Gasteiger partial charge in [-0.25, -0.2) is 0 Å². The Morgan fingerprint density at radius 3 is 2.36 bits per heavy atom. The molecule has 3 aromatic rings. The molecule has 0 unspecified atom stereocenters. The highest BCUT2D eigenvalue weighted by Gasteiger charge is 2.08. The second-order valence-electron chi connectivity index (χ2n) is 6.23. The standard InChI is InChI=1S/C22H17BrO5/c1-13-9-16(23)6-8-18(13)15-3-2-4-17(11-15)28-12-14-5-7-19(21(24)25)20(10-14)22(26)27/h2-11H,12H2,1H3,(H,24,25)(H,26,27)/p-2. The third-order valence-corrected chi connectivity index (χ3v) is 4.76. The van der Waals surface area contributed by atoms with Crippen LogP contribution in [0, 0.1) is 6.92 Å². The number of hydrogen-bond acceptors (Lipinski definition) is 5. The number of carboxylic acid groups (broad SMARTS) is 2. The van der Waals surface area contributed by atoms with Crippen LogP contribution < -0.4 is 14.9 Å². The first-order valence-electron chi connectivity index (χ1n) is 8.40. The molecule has 3 aromatic carbocycles. The van der Waals surface area contributed by atoms with Crippen molar-refractivity contribution in [1.29, 1.82) is 0 Å². The van der Waals surface area contributed by atoms with E-state index in [0.29, 0.717) is 11.3 Å². The topological polar surface area (TPSA) is 89.5 Å². The first-order chi connectivity index (χ1) is 13.3. The Morgan fingerprint density at radius 1 is 0.929 bits per heavy atom. The molecule has 0 saturated heterocycles. The fourth-order valence-electron chi connectivity index (χ4n) is 2.90. The average Bonchev–Trinajstić information content (AvgIpc) is 2.66. The van der Waals surface area contributed by atoms with Crippen molar-refractivity contribution in [2.24, 2.45) is 0 Å². The molecule has 0 aromatic heterocycles. The monoisotopic (exact) mass is 438 g/mol. The molecule has 5 nitrogen and oxygen atoms in total. The minimum Gasteiger partial charge on any atom is -0.545 e. The van der Waals surface area contributed by atoms with Gasteiger partial charge in [-0.3, -0.25) is 0 Å². The smallest absolute Gasteiger partial charge is 0.120 e. The summed E-state index contributed by atoms with van der Waals surface area (Å²) in [7, 11) is 0. The van der Waals surface area contributed by atoms with Crippen LogP contribution in [-0.4, -0.2) is 11.9 Å². The summed E-state index contributed by atoms with van der Waals surface area (Å²) in [5.74, 6) is -2.53. The van der Waals surface area contributed by atoms with Crippen molar-refractivity contribution in [3.8, 4) is 16.9 Å². The summed E-state index contributed by atoms with van der Waals surface area (Å²) in [6.45, 7) is 2.10. The van der Waals surface area contributed by atoms with Gasteiger partial charge in [-0.2, -0.15) is 0 Å². The van der Waals surface area contributed by atoms with Crippen molar-refractivity contribution in [1.82, 2.24) is 0 Å². The van der Waals surface area contributed by atoms with Gasteiger partial charge in [-0.1, -0.05) is 46.3 Å². The van der Waals surface area contributed by atoms with Crippen molar-refractivity contribution >= 4 is 27.9 Å². The Bertz CT molecular complexity index is 1060. The summed E-state index contributed by atoms with van der Waals surface area (Å²) in [4.78, 5) is 22.2. The lowest BCUT2D eigenvalue weighted by Crippen LogP contribution is -2.30. The number of hydrogen-bond donors (Lipinski definition) is 0. The fourth-order valence-corrected chi connectivity index (χ4v) is 3.37. The number of benzene rings is 3. The Kier molecular flexibility index (Phi) is 5.80. The molecule has 0 aliphatic heterocycles. The molecular formula is C22H15BrO5-2. The van der Waals surface area contributed by atoms with Crippen LogP contribution in [-0.2, 0) is 6.61 Å². The minimum atomic E-state index is -1.58. The highest BCUT2D eigenvalue weighted by atomic mass is 79.9. The molecule has 0 bridgehead atoms. The molecule has 6 heteroatoms. The molecule has 0 aliphatic rings. The Balaban J connectivity index is 1.81. The fraction of sp³-hybridized carbons (Fsp3) is 0.0909. The van der Waals surface area contributed by atoms with Crippen LogP contribution in [0.15, 0.2) is 65.1 Å². The third kappa shape index (κ3) is 4.40. The van der Waals surface area contributed by atoms with Crippen LogP contribution in [0.4, 0.5) is 0 Å². The number of aromatic carboxylic acids is 2. The van der Waals surface area contributed by atoms with Gasteiger partial charge in [0.25, 0.3) is 0 Å². The number of carbonyl (C=O) groups excluding carboxylic acids is 2. The van der Waals surface area contributed by atoms with Crippen LogP contribution >= 0.6 is 15.9 Å². The second-order valence-corrected chi connectivity index (χ2v) is 7.15. The van der Waals surface area contributed by atoms with Gasteiger partial charge in [0.2, 0.25) is 0 Å². The number of carboxylic acids is 2. The highest BCUT2D eigenvalue weighted by Crippen LogP contribution is 2.29. The second kappa shape index (κ2) is 8.27. The van der Waals surface area contributed by atoms with E-state index < -0.39 is 23.1 Å². The lowest BCUT2D eigenvalue weighted by atomic mass is 10.0. The maximum atomic E-state index is 11.2. The molecule has 0 radical (unpaired) electrons. The lowest BCUT2D eigenvalue weighted by Gasteiger charge is -2.14. The first kappa shape index (κ1) is 19.6. The average molecular weight is 439 g/mol. The van der Waals surface area contributed by atoms with Gasteiger partial charge >= 0.3 is 0 Å². The molecular weight excluding hydrogens is 424 g/mol. The summed E-state index contributed by atoms with van der Waals surface area (Å²) >= 11 is 3.45.